The fraction of sp³-hybridized carbons (Fsp3) is 0.259. The molecule has 0 unspecified atom stereocenters. The third-order valence-corrected chi connectivity index (χ3v) is 5.46. The first-order chi connectivity index (χ1) is 15.9. The second-order valence-corrected chi connectivity index (χ2v) is 8.28. The Hall–Kier alpha value is -3.64. The summed E-state index contributed by atoms with van der Waals surface area (Å²) < 4.78 is 0. The van der Waals surface area contributed by atoms with Gasteiger partial charge in [-0.05, 0) is 42.9 Å². The van der Waals surface area contributed by atoms with Gasteiger partial charge in [-0.3, -0.25) is 4.79 Å². The van der Waals surface area contributed by atoms with Crippen molar-refractivity contribution in [2.45, 2.75) is 12.5 Å². The van der Waals surface area contributed by atoms with E-state index in [1.165, 1.54) is 4.90 Å². The zero-order valence-electron chi connectivity index (χ0n) is 19.5. The molecule has 0 saturated heterocycles. The number of carbonyl (C=O) groups excluding carboxylic acids is 2. The van der Waals surface area contributed by atoms with Crippen molar-refractivity contribution in [2.24, 2.45) is 0 Å². The van der Waals surface area contributed by atoms with Gasteiger partial charge >= 0.3 is 6.03 Å². The van der Waals surface area contributed by atoms with Gasteiger partial charge in [-0.1, -0.05) is 72.8 Å². The van der Waals surface area contributed by atoms with Crippen LogP contribution >= 0.6 is 0 Å². The highest BCUT2D eigenvalue weighted by Gasteiger charge is 2.27. The van der Waals surface area contributed by atoms with E-state index in [9.17, 15) is 9.59 Å². The molecular formula is C27H32N4O2. The first-order valence-electron chi connectivity index (χ1n) is 11.1. The average molecular weight is 445 g/mol. The lowest BCUT2D eigenvalue weighted by atomic mass is 10.0. The van der Waals surface area contributed by atoms with Gasteiger partial charge in [0, 0.05) is 32.2 Å². The number of hydrogen-bond donors (Lipinski definition) is 2. The van der Waals surface area contributed by atoms with Crippen molar-refractivity contribution >= 4 is 17.6 Å². The lowest BCUT2D eigenvalue weighted by molar-refractivity contribution is -0.125. The van der Waals surface area contributed by atoms with Crippen LogP contribution in [0, 0.1) is 0 Å². The van der Waals surface area contributed by atoms with E-state index < -0.39 is 6.04 Å². The van der Waals surface area contributed by atoms with Crippen molar-refractivity contribution in [3.63, 3.8) is 0 Å². The summed E-state index contributed by atoms with van der Waals surface area (Å²) in [4.78, 5) is 29.5. The van der Waals surface area contributed by atoms with E-state index in [4.69, 9.17) is 0 Å². The van der Waals surface area contributed by atoms with E-state index in [-0.39, 0.29) is 11.9 Å². The second-order valence-electron chi connectivity index (χ2n) is 8.28. The van der Waals surface area contributed by atoms with Crippen LogP contribution in [-0.2, 0) is 11.2 Å². The Morgan fingerprint density at radius 2 is 1.36 bits per heavy atom. The number of hydrogen-bond acceptors (Lipinski definition) is 3. The Bertz CT molecular complexity index is 1020. The molecule has 0 fully saturated rings. The summed E-state index contributed by atoms with van der Waals surface area (Å²) in [5.74, 6) is -0.169. The van der Waals surface area contributed by atoms with Crippen molar-refractivity contribution < 1.29 is 9.59 Å². The molecule has 0 aliphatic rings. The summed E-state index contributed by atoms with van der Waals surface area (Å²) in [6.45, 7) is 1.25. The minimum absolute atomic E-state index is 0.169. The van der Waals surface area contributed by atoms with Crippen LogP contribution < -0.4 is 10.6 Å². The van der Waals surface area contributed by atoms with Gasteiger partial charge < -0.3 is 20.4 Å². The molecule has 3 aromatic carbocycles. The maximum atomic E-state index is 13.0. The molecule has 2 N–H and O–H groups in total. The molecule has 0 aliphatic carbocycles. The van der Waals surface area contributed by atoms with E-state index in [1.807, 2.05) is 104 Å². The minimum Gasteiger partial charge on any atom is -0.353 e. The minimum atomic E-state index is -0.627. The number of carbonyl (C=O) groups is 2. The third kappa shape index (κ3) is 7.19. The summed E-state index contributed by atoms with van der Waals surface area (Å²) in [5.41, 5.74) is 3.86. The lowest BCUT2D eigenvalue weighted by Crippen LogP contribution is -2.51. The summed E-state index contributed by atoms with van der Waals surface area (Å²) in [7, 11) is 5.57. The molecule has 3 aromatic rings. The van der Waals surface area contributed by atoms with Gasteiger partial charge in [0.25, 0.3) is 0 Å². The molecule has 6 nitrogen and oxygen atoms in total. The quantitative estimate of drug-likeness (QED) is 0.522. The monoisotopic (exact) mass is 444 g/mol. The Morgan fingerprint density at radius 1 is 0.788 bits per heavy atom. The number of nitrogens with zero attached hydrogens (tertiary/aromatic N) is 2. The zero-order valence-corrected chi connectivity index (χ0v) is 19.5. The van der Waals surface area contributed by atoms with Gasteiger partial charge in [-0.25, -0.2) is 4.79 Å². The first-order valence-corrected chi connectivity index (χ1v) is 11.1. The number of likely N-dealkylation sites (N-methyl/N-ethyl adjacent to an activating group) is 2. The van der Waals surface area contributed by atoms with Gasteiger partial charge in [0.2, 0.25) is 5.91 Å². The van der Waals surface area contributed by atoms with E-state index in [2.05, 4.69) is 10.6 Å². The van der Waals surface area contributed by atoms with E-state index in [0.29, 0.717) is 18.7 Å². The molecule has 0 aliphatic heterocycles. The number of benzene rings is 3. The van der Waals surface area contributed by atoms with Gasteiger partial charge in [-0.2, -0.15) is 0 Å². The highest BCUT2D eigenvalue weighted by molar-refractivity contribution is 5.94. The van der Waals surface area contributed by atoms with Gasteiger partial charge in [-0.15, -0.1) is 0 Å². The first kappa shape index (κ1) is 24.0. The van der Waals surface area contributed by atoms with E-state index >= 15 is 0 Å². The topological polar surface area (TPSA) is 64.7 Å². The van der Waals surface area contributed by atoms with E-state index in [1.54, 1.807) is 7.05 Å². The van der Waals surface area contributed by atoms with Crippen molar-refractivity contribution in [3.8, 4) is 11.1 Å². The normalized spacial score (nSPS) is 11.6. The molecule has 1 atom stereocenters. The Labute approximate surface area is 196 Å². The standard InChI is InChI=1S/C27H32N4O2/c1-30(2)19-18-28-26(32)25(20-21-10-6-4-7-11-21)31(3)27(33)29-24-16-14-23(15-17-24)22-12-8-5-9-13-22/h4-17,25H,18-20H2,1-3H3,(H,28,32)(H,29,33)/t25-/m1/s1. The lowest BCUT2D eigenvalue weighted by Gasteiger charge is -2.28. The molecule has 172 valence electrons. The average Bonchev–Trinajstić information content (AvgIpc) is 2.83. The molecule has 0 aromatic heterocycles. The summed E-state index contributed by atoms with van der Waals surface area (Å²) in [6.07, 6.45) is 0.436. The van der Waals surface area contributed by atoms with Gasteiger partial charge in [0.05, 0.1) is 0 Å². The highest BCUT2D eigenvalue weighted by atomic mass is 16.2. The van der Waals surface area contributed by atoms with Crippen molar-refractivity contribution in [1.82, 2.24) is 15.1 Å². The number of urea groups is 1. The van der Waals surface area contributed by atoms with E-state index in [0.717, 1.165) is 23.2 Å². The predicted octanol–water partition coefficient (Wildman–Crippen LogP) is 4.11. The second kappa shape index (κ2) is 11.8. The zero-order chi connectivity index (χ0) is 23.6. The highest BCUT2D eigenvalue weighted by Crippen LogP contribution is 2.21. The van der Waals surface area contributed by atoms with Crippen LogP contribution in [-0.4, -0.2) is 62.0 Å². The number of nitrogens with one attached hydrogen (secondary N) is 2. The largest absolute Gasteiger partial charge is 0.353 e. The fourth-order valence-electron chi connectivity index (χ4n) is 3.49. The molecule has 0 bridgehead atoms. The predicted molar refractivity (Wildman–Crippen MR) is 134 cm³/mol. The molecule has 3 rings (SSSR count). The van der Waals surface area contributed by atoms with Crippen LogP contribution in [0.3, 0.4) is 0 Å². The van der Waals surface area contributed by atoms with Crippen LogP contribution in [0.5, 0.6) is 0 Å². The summed E-state index contributed by atoms with van der Waals surface area (Å²) in [5, 5.41) is 5.87. The molecule has 3 amide bonds. The summed E-state index contributed by atoms with van der Waals surface area (Å²) in [6, 6.07) is 26.5. The Kier molecular flexibility index (Phi) is 8.61. The van der Waals surface area contributed by atoms with Crippen LogP contribution in [0.15, 0.2) is 84.9 Å². The Morgan fingerprint density at radius 3 is 1.97 bits per heavy atom. The van der Waals surface area contributed by atoms with Crippen molar-refractivity contribution in [2.75, 3.05) is 39.5 Å². The van der Waals surface area contributed by atoms with Crippen LogP contribution in [0.2, 0.25) is 0 Å². The maximum absolute atomic E-state index is 13.0. The number of amides is 3. The van der Waals surface area contributed by atoms with Crippen LogP contribution in [0.25, 0.3) is 11.1 Å². The van der Waals surface area contributed by atoms with Crippen molar-refractivity contribution in [3.05, 3.63) is 90.5 Å². The maximum Gasteiger partial charge on any atom is 0.322 e. The molecular weight excluding hydrogens is 412 g/mol. The Balaban J connectivity index is 1.69. The molecule has 6 heteroatoms. The molecule has 33 heavy (non-hydrogen) atoms. The summed E-state index contributed by atoms with van der Waals surface area (Å²) >= 11 is 0. The smallest absolute Gasteiger partial charge is 0.322 e. The van der Waals surface area contributed by atoms with Crippen LogP contribution in [0.4, 0.5) is 10.5 Å². The molecule has 0 radical (unpaired) electrons. The van der Waals surface area contributed by atoms with Crippen LogP contribution in [0.1, 0.15) is 5.56 Å². The third-order valence-electron chi connectivity index (χ3n) is 5.46. The fourth-order valence-corrected chi connectivity index (χ4v) is 3.49. The molecule has 0 saturated carbocycles. The van der Waals surface area contributed by atoms with Crippen molar-refractivity contribution in [1.29, 1.82) is 0 Å². The molecule has 0 heterocycles. The molecule has 0 spiro atoms. The SMILES string of the molecule is CN(C)CCNC(=O)[C@@H](Cc1ccccc1)N(C)C(=O)Nc1ccc(-c2ccccc2)cc1. The van der Waals surface area contributed by atoms with Gasteiger partial charge in [0.1, 0.15) is 6.04 Å². The van der Waals surface area contributed by atoms with Gasteiger partial charge in [0.15, 0.2) is 0 Å². The number of anilines is 1. The number of rotatable bonds is 9.